The molecule has 0 saturated carbocycles. The van der Waals surface area contributed by atoms with Crippen LogP contribution in [0.25, 0.3) is 0 Å². The number of likely N-dealkylation sites (tertiary alicyclic amines) is 1. The summed E-state index contributed by atoms with van der Waals surface area (Å²) < 4.78 is 0. The van der Waals surface area contributed by atoms with Crippen LogP contribution in [0.4, 0.5) is 4.79 Å². The lowest BCUT2D eigenvalue weighted by molar-refractivity contribution is 0.0459. The number of unbranched alkanes of at least 4 members (excludes halogenated alkanes) is 5. The van der Waals surface area contributed by atoms with Crippen LogP contribution in [0, 0.1) is 0 Å². The molecule has 2 rings (SSSR count). The fourth-order valence-corrected chi connectivity index (χ4v) is 3.28. The van der Waals surface area contributed by atoms with Gasteiger partial charge < -0.3 is 15.1 Å². The molecule has 4 nitrogen and oxygen atoms in total. The highest BCUT2D eigenvalue weighted by Gasteiger charge is 2.39. The molecule has 0 bridgehead atoms. The van der Waals surface area contributed by atoms with E-state index in [1.807, 2.05) is 12.1 Å². The molecular weight excluding hydrogens is 290 g/mol. The highest BCUT2D eigenvalue weighted by Crippen LogP contribution is 2.32. The summed E-state index contributed by atoms with van der Waals surface area (Å²) in [6.45, 7) is 2.79. The zero-order chi connectivity index (χ0) is 16.7. The van der Waals surface area contributed by atoms with Crippen LogP contribution < -0.4 is 0 Å². The van der Waals surface area contributed by atoms with Gasteiger partial charge in [-0.05, 0) is 30.4 Å². The number of carboxylic acid groups (broad SMARTS) is 1. The lowest BCUT2D eigenvalue weighted by atomic mass is 9.91. The van der Waals surface area contributed by atoms with Gasteiger partial charge in [-0.2, -0.15) is 0 Å². The number of amides is 1. The maximum atomic E-state index is 11.0. The second-order valence-corrected chi connectivity index (χ2v) is 6.70. The first-order chi connectivity index (χ1) is 11.0. The van der Waals surface area contributed by atoms with Gasteiger partial charge in [0.15, 0.2) is 0 Å². The molecule has 1 amide bonds. The van der Waals surface area contributed by atoms with Crippen LogP contribution in [0.5, 0.6) is 0 Å². The second kappa shape index (κ2) is 8.34. The van der Waals surface area contributed by atoms with Crippen molar-refractivity contribution in [1.29, 1.82) is 0 Å². The summed E-state index contributed by atoms with van der Waals surface area (Å²) >= 11 is 0. The van der Waals surface area contributed by atoms with Crippen LogP contribution in [0.15, 0.2) is 24.3 Å². The van der Waals surface area contributed by atoms with Gasteiger partial charge in [0.25, 0.3) is 0 Å². The zero-order valence-corrected chi connectivity index (χ0v) is 14.1. The van der Waals surface area contributed by atoms with Crippen molar-refractivity contribution in [2.24, 2.45) is 0 Å². The molecule has 1 atom stereocenters. The monoisotopic (exact) mass is 319 g/mol. The van der Waals surface area contributed by atoms with E-state index in [4.69, 9.17) is 5.11 Å². The minimum Gasteiger partial charge on any atom is -0.465 e. The summed E-state index contributed by atoms with van der Waals surface area (Å²) in [6.07, 6.45) is 8.34. The Kier molecular flexibility index (Phi) is 6.46. The number of rotatable bonds is 8. The molecule has 1 aliphatic heterocycles. The van der Waals surface area contributed by atoms with Crippen molar-refractivity contribution in [3.8, 4) is 0 Å². The molecule has 1 unspecified atom stereocenters. The van der Waals surface area contributed by atoms with E-state index in [0.29, 0.717) is 13.0 Å². The molecule has 0 aliphatic carbocycles. The van der Waals surface area contributed by atoms with Gasteiger partial charge in [-0.1, -0.05) is 63.3 Å². The Morgan fingerprint density at radius 2 is 1.78 bits per heavy atom. The van der Waals surface area contributed by atoms with Crippen molar-refractivity contribution in [3.63, 3.8) is 0 Å². The van der Waals surface area contributed by atoms with E-state index >= 15 is 0 Å². The normalized spacial score (nSPS) is 20.9. The van der Waals surface area contributed by atoms with Crippen molar-refractivity contribution >= 4 is 6.09 Å². The third-order valence-electron chi connectivity index (χ3n) is 4.83. The van der Waals surface area contributed by atoms with Crippen LogP contribution in [0.3, 0.4) is 0 Å². The minimum absolute atomic E-state index is 0.166. The molecule has 1 aromatic rings. The predicted octanol–water partition coefficient (Wildman–Crippen LogP) is 4.16. The van der Waals surface area contributed by atoms with Gasteiger partial charge in [0.05, 0.1) is 6.54 Å². The van der Waals surface area contributed by atoms with Crippen molar-refractivity contribution in [1.82, 2.24) is 4.90 Å². The smallest absolute Gasteiger partial charge is 0.407 e. The van der Waals surface area contributed by atoms with E-state index in [2.05, 4.69) is 19.1 Å². The van der Waals surface area contributed by atoms with Crippen molar-refractivity contribution in [3.05, 3.63) is 35.4 Å². The van der Waals surface area contributed by atoms with Gasteiger partial charge in [0, 0.05) is 6.54 Å². The first-order valence-electron chi connectivity index (χ1n) is 8.85. The summed E-state index contributed by atoms with van der Waals surface area (Å²) in [7, 11) is 0. The van der Waals surface area contributed by atoms with Gasteiger partial charge in [-0.3, -0.25) is 0 Å². The number of aryl methyl sites for hydroxylation is 1. The van der Waals surface area contributed by atoms with Crippen LogP contribution >= 0.6 is 0 Å². The third-order valence-corrected chi connectivity index (χ3v) is 4.83. The highest BCUT2D eigenvalue weighted by molar-refractivity contribution is 5.65. The second-order valence-electron chi connectivity index (χ2n) is 6.70. The Morgan fingerprint density at radius 1 is 1.13 bits per heavy atom. The molecule has 1 fully saturated rings. The van der Waals surface area contributed by atoms with Crippen LogP contribution in [-0.2, 0) is 12.0 Å². The lowest BCUT2D eigenvalue weighted by Crippen LogP contribution is -2.33. The summed E-state index contributed by atoms with van der Waals surface area (Å²) in [5.41, 5.74) is 1.09. The van der Waals surface area contributed by atoms with E-state index in [1.54, 1.807) is 0 Å². The number of nitrogens with zero attached hydrogens (tertiary/aromatic N) is 1. The van der Waals surface area contributed by atoms with Gasteiger partial charge >= 0.3 is 6.09 Å². The first kappa shape index (κ1) is 17.8. The summed E-state index contributed by atoms with van der Waals surface area (Å²) in [5, 5.41) is 19.7. The largest absolute Gasteiger partial charge is 0.465 e. The quantitative estimate of drug-likeness (QED) is 0.707. The number of hydrogen-bond acceptors (Lipinski definition) is 2. The molecule has 23 heavy (non-hydrogen) atoms. The molecular formula is C19H29NO3. The zero-order valence-electron chi connectivity index (χ0n) is 14.1. The third kappa shape index (κ3) is 4.96. The van der Waals surface area contributed by atoms with E-state index in [-0.39, 0.29) is 6.54 Å². The molecule has 0 aromatic heterocycles. The first-order valence-corrected chi connectivity index (χ1v) is 8.85. The Bertz CT molecular complexity index is 500. The fraction of sp³-hybridized carbons (Fsp3) is 0.632. The topological polar surface area (TPSA) is 60.8 Å². The van der Waals surface area contributed by atoms with Gasteiger partial charge in [-0.15, -0.1) is 0 Å². The van der Waals surface area contributed by atoms with Crippen molar-refractivity contribution < 1.29 is 15.0 Å². The standard InChI is InChI=1S/C19H29NO3/c1-2-3-4-5-6-7-8-16-9-11-17(12-10-16)19(23)13-14-20(15-19)18(21)22/h9-12,23H,2-8,13-15H2,1H3,(H,21,22). The van der Waals surface area contributed by atoms with Crippen molar-refractivity contribution in [2.75, 3.05) is 13.1 Å². The van der Waals surface area contributed by atoms with Gasteiger partial charge in [-0.25, -0.2) is 4.79 Å². The maximum absolute atomic E-state index is 11.0. The Hall–Kier alpha value is -1.55. The molecule has 1 heterocycles. The maximum Gasteiger partial charge on any atom is 0.407 e. The number of aliphatic hydroxyl groups is 1. The van der Waals surface area contributed by atoms with Crippen LogP contribution in [-0.4, -0.2) is 34.3 Å². The van der Waals surface area contributed by atoms with Crippen molar-refractivity contribution in [2.45, 2.75) is 63.9 Å². The number of hydrogen-bond donors (Lipinski definition) is 2. The highest BCUT2D eigenvalue weighted by atomic mass is 16.4. The Balaban J connectivity index is 1.81. The summed E-state index contributed by atoms with van der Waals surface area (Å²) in [6, 6.07) is 8.06. The average molecular weight is 319 g/mol. The number of benzene rings is 1. The SMILES string of the molecule is CCCCCCCCc1ccc(C2(O)CCN(C(=O)O)C2)cc1. The Morgan fingerprint density at radius 3 is 2.39 bits per heavy atom. The molecule has 4 heteroatoms. The van der Waals surface area contributed by atoms with E-state index < -0.39 is 11.7 Å². The van der Waals surface area contributed by atoms with Gasteiger partial charge in [0.2, 0.25) is 0 Å². The van der Waals surface area contributed by atoms with E-state index in [9.17, 15) is 9.90 Å². The number of carbonyl (C=O) groups is 1. The average Bonchev–Trinajstić information content (AvgIpc) is 2.95. The predicted molar refractivity (Wildman–Crippen MR) is 91.6 cm³/mol. The van der Waals surface area contributed by atoms with E-state index in [1.165, 1.54) is 49.0 Å². The molecule has 128 valence electrons. The molecule has 1 aliphatic rings. The Labute approximate surface area is 139 Å². The molecule has 0 spiro atoms. The summed E-state index contributed by atoms with van der Waals surface area (Å²) in [5.74, 6) is 0. The summed E-state index contributed by atoms with van der Waals surface area (Å²) in [4.78, 5) is 12.3. The number of β-amino-alcohol motifs (C(OH)–C–C–N with tert-alkyl or cyclic N) is 1. The van der Waals surface area contributed by atoms with Crippen LogP contribution in [0.2, 0.25) is 0 Å². The molecule has 1 saturated heterocycles. The fourth-order valence-electron chi connectivity index (χ4n) is 3.28. The van der Waals surface area contributed by atoms with Gasteiger partial charge in [0.1, 0.15) is 5.60 Å². The molecule has 0 radical (unpaired) electrons. The minimum atomic E-state index is -1.03. The molecule has 1 aromatic carbocycles. The lowest BCUT2D eigenvalue weighted by Gasteiger charge is -2.23. The van der Waals surface area contributed by atoms with Crippen LogP contribution in [0.1, 0.15) is 63.0 Å². The molecule has 2 N–H and O–H groups in total. The van der Waals surface area contributed by atoms with E-state index in [0.717, 1.165) is 12.0 Å².